The summed E-state index contributed by atoms with van der Waals surface area (Å²) >= 11 is 3.38. The molecule has 3 heterocycles. The second-order valence-electron chi connectivity index (χ2n) is 7.55. The van der Waals surface area contributed by atoms with Crippen LogP contribution in [0.15, 0.2) is 45.0 Å². The first kappa shape index (κ1) is 20.7. The van der Waals surface area contributed by atoms with Crippen LogP contribution in [-0.2, 0) is 4.79 Å². The molecule has 2 aliphatic rings. The van der Waals surface area contributed by atoms with E-state index in [0.29, 0.717) is 17.0 Å². The molecular weight excluding hydrogens is 460 g/mol. The van der Waals surface area contributed by atoms with E-state index >= 15 is 0 Å². The summed E-state index contributed by atoms with van der Waals surface area (Å²) in [5, 5.41) is 7.01. The summed E-state index contributed by atoms with van der Waals surface area (Å²) in [5.41, 5.74) is 1.86. The number of piperidine rings is 1. The molecule has 1 N–H and O–H groups in total. The third kappa shape index (κ3) is 4.03. The van der Waals surface area contributed by atoms with Gasteiger partial charge in [0.25, 0.3) is 11.8 Å². The molecule has 0 spiro atoms. The van der Waals surface area contributed by atoms with E-state index < -0.39 is 11.8 Å². The highest BCUT2D eigenvalue weighted by molar-refractivity contribution is 9.10. The standard InChI is InChI=1S/C21H20BrF2N3O3/c1-12-17(18(26-30-12)13-2-4-15(22)5-3-13)19(28)14-10-16(25-11-14)20(29)27-8-6-21(23,24)7-9-27/h2-5,10,14,25H,6-9,11H2,1H3. The molecule has 1 unspecified atom stereocenters. The number of alkyl halides is 2. The Hall–Kier alpha value is -2.55. The van der Waals surface area contributed by atoms with Crippen molar-refractivity contribution < 1.29 is 22.9 Å². The smallest absolute Gasteiger partial charge is 0.269 e. The van der Waals surface area contributed by atoms with Crippen molar-refractivity contribution in [1.29, 1.82) is 0 Å². The maximum atomic E-state index is 13.4. The largest absolute Gasteiger partial charge is 0.380 e. The van der Waals surface area contributed by atoms with E-state index in [1.807, 2.05) is 24.3 Å². The van der Waals surface area contributed by atoms with Crippen LogP contribution < -0.4 is 5.32 Å². The monoisotopic (exact) mass is 479 g/mol. The number of carbonyl (C=O) groups excluding carboxylic acids is 2. The zero-order valence-electron chi connectivity index (χ0n) is 16.3. The van der Waals surface area contributed by atoms with Crippen molar-refractivity contribution in [3.05, 3.63) is 51.8 Å². The predicted octanol–water partition coefficient (Wildman–Crippen LogP) is 3.96. The van der Waals surface area contributed by atoms with Crippen molar-refractivity contribution in [3.8, 4) is 11.3 Å². The Bertz CT molecular complexity index is 1010. The van der Waals surface area contributed by atoms with Gasteiger partial charge in [-0.1, -0.05) is 33.2 Å². The number of hydrogen-bond acceptors (Lipinski definition) is 5. The lowest BCUT2D eigenvalue weighted by Crippen LogP contribution is -2.44. The summed E-state index contributed by atoms with van der Waals surface area (Å²) in [5.74, 6) is -3.43. The Morgan fingerprint density at radius 1 is 1.23 bits per heavy atom. The number of nitrogens with zero attached hydrogens (tertiary/aromatic N) is 2. The molecule has 6 nitrogen and oxygen atoms in total. The summed E-state index contributed by atoms with van der Waals surface area (Å²) < 4.78 is 32.9. The minimum absolute atomic E-state index is 0.00192. The average molecular weight is 480 g/mol. The first-order valence-corrected chi connectivity index (χ1v) is 10.4. The van der Waals surface area contributed by atoms with Gasteiger partial charge in [-0.3, -0.25) is 9.59 Å². The molecule has 0 bridgehead atoms. The van der Waals surface area contributed by atoms with E-state index in [4.69, 9.17) is 4.52 Å². The summed E-state index contributed by atoms with van der Waals surface area (Å²) in [4.78, 5) is 27.3. The van der Waals surface area contributed by atoms with Crippen molar-refractivity contribution in [2.75, 3.05) is 19.6 Å². The minimum atomic E-state index is -2.72. The number of aryl methyl sites for hydroxylation is 1. The SMILES string of the molecule is Cc1onc(-c2ccc(Br)cc2)c1C(=O)C1C=C(C(=O)N2CCC(F)(F)CC2)NC1. The number of rotatable bonds is 4. The van der Waals surface area contributed by atoms with E-state index in [2.05, 4.69) is 26.4 Å². The molecule has 0 aliphatic carbocycles. The van der Waals surface area contributed by atoms with Gasteiger partial charge in [-0.15, -0.1) is 0 Å². The topological polar surface area (TPSA) is 75.4 Å². The van der Waals surface area contributed by atoms with Crippen molar-refractivity contribution >= 4 is 27.6 Å². The molecule has 1 aromatic carbocycles. The molecule has 1 saturated heterocycles. The number of hydrogen-bond donors (Lipinski definition) is 1. The van der Waals surface area contributed by atoms with E-state index in [0.717, 1.165) is 10.0 Å². The van der Waals surface area contributed by atoms with Gasteiger partial charge in [-0.2, -0.15) is 0 Å². The van der Waals surface area contributed by atoms with Crippen LogP contribution in [0.4, 0.5) is 8.78 Å². The van der Waals surface area contributed by atoms with Crippen LogP contribution in [0.3, 0.4) is 0 Å². The molecule has 0 saturated carbocycles. The Kier molecular flexibility index (Phi) is 5.48. The van der Waals surface area contributed by atoms with Gasteiger partial charge < -0.3 is 14.7 Å². The van der Waals surface area contributed by atoms with Crippen molar-refractivity contribution in [1.82, 2.24) is 15.4 Å². The van der Waals surface area contributed by atoms with Gasteiger partial charge in [0.1, 0.15) is 11.5 Å². The molecule has 9 heteroatoms. The molecule has 2 aliphatic heterocycles. The number of carbonyl (C=O) groups is 2. The molecule has 4 rings (SSSR count). The highest BCUT2D eigenvalue weighted by atomic mass is 79.9. The average Bonchev–Trinajstić information content (AvgIpc) is 3.35. The van der Waals surface area contributed by atoms with E-state index in [1.54, 1.807) is 13.0 Å². The van der Waals surface area contributed by atoms with Crippen molar-refractivity contribution in [3.63, 3.8) is 0 Å². The van der Waals surface area contributed by atoms with Crippen LogP contribution in [0.25, 0.3) is 11.3 Å². The van der Waals surface area contributed by atoms with Crippen molar-refractivity contribution in [2.24, 2.45) is 5.92 Å². The first-order valence-electron chi connectivity index (χ1n) is 9.64. The lowest BCUT2D eigenvalue weighted by molar-refractivity contribution is -0.133. The number of ketones is 1. The van der Waals surface area contributed by atoms with Gasteiger partial charge in [0.05, 0.1) is 17.2 Å². The summed E-state index contributed by atoms with van der Waals surface area (Å²) in [6.45, 7) is 1.94. The van der Waals surface area contributed by atoms with E-state index in [-0.39, 0.29) is 49.9 Å². The zero-order chi connectivity index (χ0) is 21.5. The second kappa shape index (κ2) is 7.94. The molecule has 1 fully saturated rings. The molecular formula is C21H20BrF2N3O3. The number of Topliss-reactive ketones (excluding diaryl/α,β-unsaturated/α-hetero) is 1. The van der Waals surface area contributed by atoms with Gasteiger partial charge in [-0.25, -0.2) is 8.78 Å². The quantitative estimate of drug-likeness (QED) is 0.671. The van der Waals surface area contributed by atoms with Crippen LogP contribution in [0.5, 0.6) is 0 Å². The fraction of sp³-hybridized carbons (Fsp3) is 0.381. The van der Waals surface area contributed by atoms with Crippen molar-refractivity contribution in [2.45, 2.75) is 25.7 Å². The number of benzene rings is 1. The van der Waals surface area contributed by atoms with Crippen LogP contribution in [0, 0.1) is 12.8 Å². The number of halogens is 3. The lowest BCUT2D eigenvalue weighted by Gasteiger charge is -2.31. The number of amides is 1. The fourth-order valence-electron chi connectivity index (χ4n) is 3.71. The van der Waals surface area contributed by atoms with Crippen LogP contribution in [-0.4, -0.2) is 47.3 Å². The summed E-state index contributed by atoms with van der Waals surface area (Å²) in [6, 6.07) is 7.37. The molecule has 30 heavy (non-hydrogen) atoms. The molecule has 0 radical (unpaired) electrons. The number of aromatic nitrogens is 1. The van der Waals surface area contributed by atoms with Gasteiger partial charge in [0, 0.05) is 42.5 Å². The number of likely N-dealkylation sites (tertiary alicyclic amines) is 1. The zero-order valence-corrected chi connectivity index (χ0v) is 17.8. The normalized spacial score (nSPS) is 20.6. The van der Waals surface area contributed by atoms with Crippen LogP contribution >= 0.6 is 15.9 Å². The molecule has 158 valence electrons. The highest BCUT2D eigenvalue weighted by Crippen LogP contribution is 2.31. The molecule has 2 aromatic rings. The Morgan fingerprint density at radius 3 is 2.57 bits per heavy atom. The maximum Gasteiger partial charge on any atom is 0.269 e. The first-order chi connectivity index (χ1) is 14.2. The Morgan fingerprint density at radius 2 is 1.90 bits per heavy atom. The summed E-state index contributed by atoms with van der Waals surface area (Å²) in [6.07, 6.45) is 0.894. The van der Waals surface area contributed by atoms with Gasteiger partial charge in [-0.05, 0) is 25.1 Å². The van der Waals surface area contributed by atoms with Gasteiger partial charge in [0.2, 0.25) is 0 Å². The molecule has 1 amide bonds. The van der Waals surface area contributed by atoms with Gasteiger partial charge in [0.15, 0.2) is 5.78 Å². The highest BCUT2D eigenvalue weighted by Gasteiger charge is 2.38. The van der Waals surface area contributed by atoms with E-state index in [1.165, 1.54) is 4.90 Å². The second-order valence-corrected chi connectivity index (χ2v) is 8.47. The predicted molar refractivity (Wildman–Crippen MR) is 109 cm³/mol. The van der Waals surface area contributed by atoms with Crippen LogP contribution in [0.2, 0.25) is 0 Å². The van der Waals surface area contributed by atoms with Crippen LogP contribution in [0.1, 0.15) is 29.0 Å². The molecule has 1 aromatic heterocycles. The fourth-order valence-corrected chi connectivity index (χ4v) is 3.98. The molecule has 1 atom stereocenters. The minimum Gasteiger partial charge on any atom is -0.380 e. The summed E-state index contributed by atoms with van der Waals surface area (Å²) in [7, 11) is 0. The van der Waals surface area contributed by atoms with E-state index in [9.17, 15) is 18.4 Å². The third-order valence-corrected chi connectivity index (χ3v) is 5.99. The maximum absolute atomic E-state index is 13.4. The van der Waals surface area contributed by atoms with Gasteiger partial charge >= 0.3 is 0 Å². The lowest BCUT2D eigenvalue weighted by atomic mass is 9.94. The third-order valence-electron chi connectivity index (χ3n) is 5.46. The Labute approximate surface area is 180 Å². The Balaban J connectivity index is 1.53. The number of nitrogens with one attached hydrogen (secondary N) is 1.